The molecular formula is C10H22N2. The van der Waals surface area contributed by atoms with Crippen LogP contribution in [0.3, 0.4) is 0 Å². The third kappa shape index (κ3) is 3.11. The van der Waals surface area contributed by atoms with Crippen molar-refractivity contribution in [2.24, 2.45) is 5.92 Å². The predicted molar refractivity (Wildman–Crippen MR) is 53.3 cm³/mol. The van der Waals surface area contributed by atoms with Crippen LogP contribution in [0, 0.1) is 5.92 Å². The zero-order valence-electron chi connectivity index (χ0n) is 8.80. The fraction of sp³-hybridized carbons (Fsp3) is 1.00. The van der Waals surface area contributed by atoms with Crippen LogP contribution in [0.15, 0.2) is 0 Å². The van der Waals surface area contributed by atoms with Gasteiger partial charge >= 0.3 is 0 Å². The van der Waals surface area contributed by atoms with E-state index in [4.69, 9.17) is 0 Å². The molecule has 1 saturated carbocycles. The lowest BCUT2D eigenvalue weighted by Gasteiger charge is -2.25. The number of hydrogen-bond acceptors (Lipinski definition) is 2. The summed E-state index contributed by atoms with van der Waals surface area (Å²) >= 11 is 0. The lowest BCUT2D eigenvalue weighted by atomic mass is 10.1. The monoisotopic (exact) mass is 170 g/mol. The van der Waals surface area contributed by atoms with E-state index in [1.54, 1.807) is 0 Å². The van der Waals surface area contributed by atoms with Gasteiger partial charge in [-0.05, 0) is 32.9 Å². The first kappa shape index (κ1) is 10.0. The van der Waals surface area contributed by atoms with E-state index in [0.717, 1.165) is 18.5 Å². The van der Waals surface area contributed by atoms with Gasteiger partial charge in [-0.1, -0.05) is 13.8 Å². The van der Waals surface area contributed by atoms with Crippen molar-refractivity contribution in [3.63, 3.8) is 0 Å². The zero-order valence-corrected chi connectivity index (χ0v) is 8.80. The fourth-order valence-electron chi connectivity index (χ4n) is 1.61. The second-order valence-corrected chi connectivity index (χ2v) is 4.43. The highest BCUT2D eigenvalue weighted by atomic mass is 15.1. The molecule has 0 aromatic carbocycles. The van der Waals surface area contributed by atoms with Crippen LogP contribution in [-0.4, -0.2) is 37.6 Å². The normalized spacial score (nSPS) is 20.5. The average Bonchev–Trinajstić information content (AvgIpc) is 2.69. The van der Waals surface area contributed by atoms with E-state index in [1.165, 1.54) is 12.8 Å². The van der Waals surface area contributed by atoms with Gasteiger partial charge in [0, 0.05) is 18.6 Å². The molecule has 2 heteroatoms. The van der Waals surface area contributed by atoms with Gasteiger partial charge in [-0.15, -0.1) is 0 Å². The van der Waals surface area contributed by atoms with Crippen molar-refractivity contribution in [1.82, 2.24) is 10.2 Å². The van der Waals surface area contributed by atoms with Crippen molar-refractivity contribution in [3.8, 4) is 0 Å². The summed E-state index contributed by atoms with van der Waals surface area (Å²) in [6.07, 6.45) is 2.87. The molecule has 0 aromatic rings. The summed E-state index contributed by atoms with van der Waals surface area (Å²) in [5.74, 6) is 0.964. The van der Waals surface area contributed by atoms with Crippen LogP contribution in [0.5, 0.6) is 0 Å². The maximum Gasteiger partial charge on any atom is 0.0242 e. The summed E-state index contributed by atoms with van der Waals surface area (Å²) in [6, 6.07) is 1.37. The summed E-state index contributed by atoms with van der Waals surface area (Å²) in [6.45, 7) is 5.56. The van der Waals surface area contributed by atoms with Gasteiger partial charge in [0.2, 0.25) is 0 Å². The molecule has 0 heterocycles. The molecule has 0 bridgehead atoms. The van der Waals surface area contributed by atoms with Crippen molar-refractivity contribution in [3.05, 3.63) is 0 Å². The molecular weight excluding hydrogens is 148 g/mol. The third-order valence-electron chi connectivity index (χ3n) is 2.56. The predicted octanol–water partition coefficient (Wildman–Crippen LogP) is 1.32. The van der Waals surface area contributed by atoms with Crippen LogP contribution in [0.25, 0.3) is 0 Å². The topological polar surface area (TPSA) is 15.3 Å². The van der Waals surface area contributed by atoms with Crippen molar-refractivity contribution in [1.29, 1.82) is 0 Å². The minimum atomic E-state index is 0.617. The highest BCUT2D eigenvalue weighted by Gasteiger charge is 2.32. The highest BCUT2D eigenvalue weighted by Crippen LogP contribution is 2.34. The molecule has 2 nitrogen and oxygen atoms in total. The Bertz CT molecular complexity index is 126. The second kappa shape index (κ2) is 4.24. The van der Waals surface area contributed by atoms with Crippen LogP contribution in [0.2, 0.25) is 0 Å². The van der Waals surface area contributed by atoms with E-state index < -0.39 is 0 Å². The molecule has 0 spiro atoms. The average molecular weight is 170 g/mol. The third-order valence-corrected chi connectivity index (χ3v) is 2.56. The molecule has 0 aliphatic heterocycles. The van der Waals surface area contributed by atoms with Crippen LogP contribution >= 0.6 is 0 Å². The molecule has 72 valence electrons. The Morgan fingerprint density at radius 1 is 1.33 bits per heavy atom. The summed E-state index contributed by atoms with van der Waals surface area (Å²) in [5, 5.41) is 3.51. The van der Waals surface area contributed by atoms with Gasteiger partial charge in [0.1, 0.15) is 0 Å². The standard InChI is InChI=1S/C10H22N2/c1-8(2)11-7-10(12(3)4)9-5-6-9/h8-11H,5-7H2,1-4H3. The molecule has 1 unspecified atom stereocenters. The lowest BCUT2D eigenvalue weighted by Crippen LogP contribution is -2.41. The molecule has 1 N–H and O–H groups in total. The highest BCUT2D eigenvalue weighted by molar-refractivity contribution is 4.87. The fourth-order valence-corrected chi connectivity index (χ4v) is 1.61. The molecule has 1 aliphatic carbocycles. The minimum Gasteiger partial charge on any atom is -0.313 e. The molecule has 0 radical (unpaired) electrons. The van der Waals surface area contributed by atoms with Gasteiger partial charge in [-0.25, -0.2) is 0 Å². The first-order valence-electron chi connectivity index (χ1n) is 5.01. The number of nitrogens with zero attached hydrogens (tertiary/aromatic N) is 1. The van der Waals surface area contributed by atoms with Crippen molar-refractivity contribution < 1.29 is 0 Å². The van der Waals surface area contributed by atoms with E-state index in [9.17, 15) is 0 Å². The molecule has 1 atom stereocenters. The number of rotatable bonds is 5. The Morgan fingerprint density at radius 3 is 2.25 bits per heavy atom. The molecule has 12 heavy (non-hydrogen) atoms. The Labute approximate surface area is 76.3 Å². The maximum atomic E-state index is 3.51. The van der Waals surface area contributed by atoms with Crippen molar-refractivity contribution >= 4 is 0 Å². The second-order valence-electron chi connectivity index (χ2n) is 4.43. The summed E-state index contributed by atoms with van der Waals surface area (Å²) < 4.78 is 0. The van der Waals surface area contributed by atoms with Gasteiger partial charge in [-0.3, -0.25) is 0 Å². The quantitative estimate of drug-likeness (QED) is 0.669. The van der Waals surface area contributed by atoms with Gasteiger partial charge < -0.3 is 10.2 Å². The van der Waals surface area contributed by atoms with E-state index in [-0.39, 0.29) is 0 Å². The Balaban J connectivity index is 2.23. The lowest BCUT2D eigenvalue weighted by molar-refractivity contribution is 0.251. The first-order chi connectivity index (χ1) is 5.61. The van der Waals surface area contributed by atoms with E-state index in [2.05, 4.69) is 38.2 Å². The minimum absolute atomic E-state index is 0.617. The summed E-state index contributed by atoms with van der Waals surface area (Å²) in [5.41, 5.74) is 0. The summed E-state index contributed by atoms with van der Waals surface area (Å²) in [4.78, 5) is 2.35. The first-order valence-corrected chi connectivity index (χ1v) is 5.01. The van der Waals surface area contributed by atoms with Crippen LogP contribution in [0.4, 0.5) is 0 Å². The van der Waals surface area contributed by atoms with Crippen molar-refractivity contribution in [2.75, 3.05) is 20.6 Å². The van der Waals surface area contributed by atoms with Crippen LogP contribution in [0.1, 0.15) is 26.7 Å². The van der Waals surface area contributed by atoms with Gasteiger partial charge in [-0.2, -0.15) is 0 Å². The smallest absolute Gasteiger partial charge is 0.0242 e. The molecule has 0 aromatic heterocycles. The van der Waals surface area contributed by atoms with Gasteiger partial charge in [0.25, 0.3) is 0 Å². The molecule has 1 rings (SSSR count). The van der Waals surface area contributed by atoms with Gasteiger partial charge in [0.15, 0.2) is 0 Å². The summed E-state index contributed by atoms with van der Waals surface area (Å²) in [7, 11) is 4.37. The molecule has 1 fully saturated rings. The Hall–Kier alpha value is -0.0800. The Morgan fingerprint density at radius 2 is 1.92 bits per heavy atom. The van der Waals surface area contributed by atoms with Crippen molar-refractivity contribution in [2.45, 2.75) is 38.8 Å². The number of likely N-dealkylation sites (N-methyl/N-ethyl adjacent to an activating group) is 1. The largest absolute Gasteiger partial charge is 0.313 e. The molecule has 0 saturated heterocycles. The van der Waals surface area contributed by atoms with Crippen LogP contribution < -0.4 is 5.32 Å². The zero-order chi connectivity index (χ0) is 9.14. The van der Waals surface area contributed by atoms with Gasteiger partial charge in [0.05, 0.1) is 0 Å². The van der Waals surface area contributed by atoms with E-state index in [0.29, 0.717) is 6.04 Å². The van der Waals surface area contributed by atoms with Crippen LogP contribution in [-0.2, 0) is 0 Å². The van der Waals surface area contributed by atoms with E-state index >= 15 is 0 Å². The maximum absolute atomic E-state index is 3.51. The molecule has 1 aliphatic rings. The SMILES string of the molecule is CC(C)NCC(C1CC1)N(C)C. The number of nitrogens with one attached hydrogen (secondary N) is 1. The Kier molecular flexibility index (Phi) is 3.53. The molecule has 0 amide bonds. The number of hydrogen-bond donors (Lipinski definition) is 1. The van der Waals surface area contributed by atoms with E-state index in [1.807, 2.05) is 0 Å².